The summed E-state index contributed by atoms with van der Waals surface area (Å²) in [6, 6.07) is 16.0. The van der Waals surface area contributed by atoms with Crippen molar-refractivity contribution in [3.8, 4) is 11.1 Å². The fraction of sp³-hybridized carbons (Fsp3) is 0.525. The Morgan fingerprint density at radius 2 is 1.62 bits per heavy atom. The number of nitrogens with one attached hydrogen (secondary N) is 3. The number of carbonyl (C=O) groups is 3. The lowest BCUT2D eigenvalue weighted by atomic mass is 9.85. The number of nitrogens with zero attached hydrogens (tertiary/aromatic N) is 1. The van der Waals surface area contributed by atoms with Crippen LogP contribution in [0.25, 0.3) is 11.1 Å². The first-order chi connectivity index (χ1) is 24.7. The highest BCUT2D eigenvalue weighted by atomic mass is 32.2. The van der Waals surface area contributed by atoms with Crippen LogP contribution in [-0.4, -0.2) is 83.3 Å². The van der Waals surface area contributed by atoms with Gasteiger partial charge in [-0.2, -0.15) is 0 Å². The zero-order valence-electron chi connectivity index (χ0n) is 31.6. The number of amides is 3. The number of rotatable bonds is 15. The molecule has 1 aliphatic heterocycles. The fourth-order valence-electron chi connectivity index (χ4n) is 6.94. The second-order valence-corrected chi connectivity index (χ2v) is 19.8. The Morgan fingerprint density at radius 1 is 1.00 bits per heavy atom. The second-order valence-electron chi connectivity index (χ2n) is 16.5. The predicted molar refractivity (Wildman–Crippen MR) is 209 cm³/mol. The minimum absolute atomic E-state index is 0.137. The molecule has 2 aromatic carbocycles. The van der Waals surface area contributed by atoms with Gasteiger partial charge in [0.2, 0.25) is 28.3 Å². The summed E-state index contributed by atoms with van der Waals surface area (Å²) in [7, 11) is -3.89. The monoisotopic (exact) mass is 766 g/mol. The molecule has 2 aromatic rings. The molecule has 53 heavy (non-hydrogen) atoms. The molecule has 1 heterocycles. The van der Waals surface area contributed by atoms with E-state index in [-0.39, 0.29) is 19.4 Å². The van der Waals surface area contributed by atoms with Crippen LogP contribution in [0.1, 0.15) is 72.8 Å². The Labute approximate surface area is 318 Å². The third kappa shape index (κ3) is 9.25. The van der Waals surface area contributed by atoms with Crippen LogP contribution in [0.2, 0.25) is 0 Å². The fourth-order valence-corrected chi connectivity index (χ4v) is 9.55. The number of ether oxygens (including phenoxy) is 1. The van der Waals surface area contributed by atoms with Crippen molar-refractivity contribution in [2.45, 2.75) is 107 Å². The Morgan fingerprint density at radius 3 is 2.15 bits per heavy atom. The molecule has 0 bridgehead atoms. The van der Waals surface area contributed by atoms with E-state index in [1.54, 1.807) is 38.6 Å². The zero-order chi connectivity index (χ0) is 39.0. The number of aliphatic hydroxyl groups is 1. The summed E-state index contributed by atoms with van der Waals surface area (Å²) in [5, 5.41) is 16.2. The number of hydrogen-bond donors (Lipinski definition) is 4. The van der Waals surface area contributed by atoms with Crippen molar-refractivity contribution >= 4 is 39.5 Å². The van der Waals surface area contributed by atoms with Gasteiger partial charge in [0.05, 0.1) is 21.6 Å². The number of sulfonamides is 1. The third-order valence-corrected chi connectivity index (χ3v) is 13.3. The Bertz CT molecular complexity index is 1800. The number of carbonyl (C=O) groups excluding carboxylic acids is 3. The van der Waals surface area contributed by atoms with E-state index >= 15 is 0 Å². The molecule has 3 amide bonds. The van der Waals surface area contributed by atoms with E-state index in [2.05, 4.69) is 28.5 Å². The van der Waals surface area contributed by atoms with E-state index in [1.807, 2.05) is 75.4 Å². The highest BCUT2D eigenvalue weighted by molar-refractivity contribution is 8.00. The van der Waals surface area contributed by atoms with Gasteiger partial charge in [-0.15, -0.1) is 24.9 Å². The molecule has 1 saturated heterocycles. The van der Waals surface area contributed by atoms with E-state index in [4.69, 9.17) is 4.74 Å². The van der Waals surface area contributed by atoms with Crippen LogP contribution in [0.3, 0.4) is 0 Å². The lowest BCUT2D eigenvalue weighted by molar-refractivity contribution is -0.192. The van der Waals surface area contributed by atoms with Gasteiger partial charge in [-0.1, -0.05) is 87.5 Å². The number of thioether (sulfide) groups is 1. The van der Waals surface area contributed by atoms with Crippen LogP contribution in [0.5, 0.6) is 0 Å². The van der Waals surface area contributed by atoms with Crippen LogP contribution in [0, 0.1) is 11.3 Å². The largest absolute Gasteiger partial charge is 0.356 e. The highest BCUT2D eigenvalue weighted by Gasteiger charge is 2.62. The highest BCUT2D eigenvalue weighted by Crippen LogP contribution is 2.50. The van der Waals surface area contributed by atoms with Crippen LogP contribution in [0.15, 0.2) is 79.9 Å². The Hall–Kier alpha value is -3.49. The molecule has 4 N–H and O–H groups in total. The molecular formula is C40H54N4O7S2. The molecule has 5 rings (SSSR count). The van der Waals surface area contributed by atoms with Crippen LogP contribution in [0.4, 0.5) is 0 Å². The molecule has 0 radical (unpaired) electrons. The topological polar surface area (TPSA) is 154 Å². The van der Waals surface area contributed by atoms with Crippen molar-refractivity contribution < 1.29 is 32.6 Å². The summed E-state index contributed by atoms with van der Waals surface area (Å²) in [4.78, 5) is 44.6. The molecule has 6 atom stereocenters. The summed E-state index contributed by atoms with van der Waals surface area (Å²) in [5.41, 5.74) is -0.00105. The third-order valence-electron chi connectivity index (χ3n) is 10.0. The van der Waals surface area contributed by atoms with Gasteiger partial charge in [0, 0.05) is 18.2 Å². The van der Waals surface area contributed by atoms with Gasteiger partial charge in [0.25, 0.3) is 5.91 Å². The summed E-state index contributed by atoms with van der Waals surface area (Å²) in [6.07, 6.45) is 3.15. The molecule has 2 unspecified atom stereocenters. The summed E-state index contributed by atoms with van der Waals surface area (Å²) in [6.45, 7) is 18.8. The molecule has 11 nitrogen and oxygen atoms in total. The van der Waals surface area contributed by atoms with Crippen molar-refractivity contribution in [1.29, 1.82) is 0 Å². The molecule has 13 heteroatoms. The van der Waals surface area contributed by atoms with E-state index in [0.29, 0.717) is 18.6 Å². The smallest absolute Gasteiger partial charge is 0.259 e. The van der Waals surface area contributed by atoms with Gasteiger partial charge >= 0.3 is 0 Å². The van der Waals surface area contributed by atoms with E-state index in [0.717, 1.165) is 16.7 Å². The lowest BCUT2D eigenvalue weighted by Crippen LogP contribution is -2.61. The number of benzene rings is 2. The molecule has 288 valence electrons. The van der Waals surface area contributed by atoms with E-state index < -0.39 is 78.7 Å². The van der Waals surface area contributed by atoms with Gasteiger partial charge in [-0.25, -0.2) is 8.42 Å². The lowest BCUT2D eigenvalue weighted by Gasteiger charge is -2.38. The van der Waals surface area contributed by atoms with Crippen molar-refractivity contribution in [2.75, 3.05) is 12.3 Å². The maximum absolute atomic E-state index is 14.9. The zero-order valence-corrected chi connectivity index (χ0v) is 33.2. The van der Waals surface area contributed by atoms with Gasteiger partial charge < -0.3 is 20.1 Å². The van der Waals surface area contributed by atoms with Crippen molar-refractivity contribution in [2.24, 2.45) is 11.3 Å². The predicted octanol–water partition coefficient (Wildman–Crippen LogP) is 4.83. The van der Waals surface area contributed by atoms with Crippen LogP contribution in [-0.2, 0) is 33.9 Å². The summed E-state index contributed by atoms with van der Waals surface area (Å²) >= 11 is 1.57. The first kappa shape index (κ1) is 40.7. The van der Waals surface area contributed by atoms with Crippen molar-refractivity contribution in [3.05, 3.63) is 85.5 Å². The normalized spacial score (nSPS) is 25.6. The Kier molecular flexibility index (Phi) is 11.8. The van der Waals surface area contributed by atoms with Gasteiger partial charge in [0.15, 0.2) is 0 Å². The molecule has 3 aliphatic rings. The van der Waals surface area contributed by atoms with Crippen LogP contribution >= 0.6 is 11.8 Å². The SMILES string of the molecule is C=CCS[C@@]1(c2ccc(-c3ccccc3)cc2)C[C@@H](C(=O)N[C@]2(C(=O)NS(=O)(=O)C3CC3)CC2C=C)N(C(=O)[C@@H](NC(O)OC(C)(C)C)C(C)(C)C)C1. The second kappa shape index (κ2) is 15.3. The summed E-state index contributed by atoms with van der Waals surface area (Å²) < 4.78 is 32.7. The van der Waals surface area contributed by atoms with Crippen LogP contribution < -0.4 is 15.4 Å². The van der Waals surface area contributed by atoms with E-state index in [1.165, 1.54) is 11.0 Å². The standard InChI is InChI=1S/C40H54N4O7S2/c1-9-22-52-39(29-18-16-27(17-19-29)26-14-12-11-13-15-26)24-31(44(25-39)34(46)32(37(3,4)5)41-36(48)51-38(6,7)8)33(45)42-40(23-28(40)10-2)35(47)43-53(49,50)30-20-21-30/h9-19,28,30-32,36,41,48H,1-2,20-25H2,3-8H3,(H,42,45)(H,43,47)/t28?,31-,32+,36?,39-,40+/m0/s1. The van der Waals surface area contributed by atoms with Crippen molar-refractivity contribution in [1.82, 2.24) is 20.3 Å². The maximum atomic E-state index is 14.9. The average molecular weight is 767 g/mol. The number of hydrogen-bond acceptors (Lipinski definition) is 9. The first-order valence-electron chi connectivity index (χ1n) is 18.1. The average Bonchev–Trinajstić information content (AvgIpc) is 4.02. The summed E-state index contributed by atoms with van der Waals surface area (Å²) in [5.74, 6) is -1.78. The number of likely N-dealkylation sites (tertiary alicyclic amines) is 1. The van der Waals surface area contributed by atoms with E-state index in [9.17, 15) is 27.9 Å². The molecule has 2 saturated carbocycles. The molecule has 0 aromatic heterocycles. The maximum Gasteiger partial charge on any atom is 0.259 e. The van der Waals surface area contributed by atoms with Gasteiger partial charge in [-0.3, -0.25) is 24.4 Å². The quantitative estimate of drug-likeness (QED) is 0.148. The molecule has 0 spiro atoms. The first-order valence-corrected chi connectivity index (χ1v) is 20.6. The van der Waals surface area contributed by atoms with Gasteiger partial charge in [0.1, 0.15) is 11.6 Å². The molecular weight excluding hydrogens is 713 g/mol. The van der Waals surface area contributed by atoms with Crippen molar-refractivity contribution in [3.63, 3.8) is 0 Å². The molecule has 3 fully saturated rings. The minimum atomic E-state index is -3.89. The Balaban J connectivity index is 1.53. The molecule has 2 aliphatic carbocycles. The minimum Gasteiger partial charge on any atom is -0.356 e. The van der Waals surface area contributed by atoms with Gasteiger partial charge in [-0.05, 0) is 68.6 Å². The number of aliphatic hydroxyl groups excluding tert-OH is 1.